The lowest BCUT2D eigenvalue weighted by Gasteiger charge is -2.07. The van der Waals surface area contributed by atoms with E-state index in [0.717, 1.165) is 5.75 Å². The first kappa shape index (κ1) is 14.1. The number of hydrogen-bond donors (Lipinski definition) is 0. The van der Waals surface area contributed by atoms with E-state index in [1.165, 1.54) is 6.07 Å². The number of carbonyl (C=O) groups is 1. The highest BCUT2D eigenvalue weighted by Gasteiger charge is 2.08. The van der Waals surface area contributed by atoms with Crippen LogP contribution in [-0.4, -0.2) is 19.5 Å². The van der Waals surface area contributed by atoms with E-state index in [-0.39, 0.29) is 24.6 Å². The van der Waals surface area contributed by atoms with Gasteiger partial charge in [0.15, 0.2) is 5.78 Å². The first-order valence-corrected chi connectivity index (χ1v) is 6.21. The van der Waals surface area contributed by atoms with Crippen LogP contribution in [0.15, 0.2) is 48.5 Å². The maximum atomic E-state index is 13.4. The van der Waals surface area contributed by atoms with Crippen LogP contribution < -0.4 is 9.47 Å². The van der Waals surface area contributed by atoms with E-state index in [0.29, 0.717) is 11.3 Å². The van der Waals surface area contributed by atoms with Gasteiger partial charge in [0, 0.05) is 6.42 Å². The predicted molar refractivity (Wildman–Crippen MR) is 73.6 cm³/mol. The predicted octanol–water partition coefficient (Wildman–Crippen LogP) is 3.02. The van der Waals surface area contributed by atoms with Crippen molar-refractivity contribution in [3.63, 3.8) is 0 Å². The minimum Gasteiger partial charge on any atom is -0.497 e. The Bertz CT molecular complexity index is 579. The summed E-state index contributed by atoms with van der Waals surface area (Å²) >= 11 is 0. The summed E-state index contributed by atoms with van der Waals surface area (Å²) in [5.74, 6) is 0.749. The molecule has 0 saturated heterocycles. The first-order valence-electron chi connectivity index (χ1n) is 6.21. The molecule has 0 aliphatic rings. The molecule has 2 aromatic carbocycles. The number of halogens is 1. The van der Waals surface area contributed by atoms with Gasteiger partial charge in [-0.15, -0.1) is 0 Å². The van der Waals surface area contributed by atoms with Crippen LogP contribution in [0.3, 0.4) is 0 Å². The second-order valence-electron chi connectivity index (χ2n) is 4.27. The van der Waals surface area contributed by atoms with Crippen molar-refractivity contribution in [3.8, 4) is 11.5 Å². The Hall–Kier alpha value is -2.36. The van der Waals surface area contributed by atoms with Crippen LogP contribution in [0, 0.1) is 5.82 Å². The molecule has 0 unspecified atom stereocenters. The average molecular weight is 274 g/mol. The van der Waals surface area contributed by atoms with Crippen molar-refractivity contribution in [2.75, 3.05) is 13.7 Å². The molecule has 4 heteroatoms. The van der Waals surface area contributed by atoms with Crippen molar-refractivity contribution in [3.05, 3.63) is 59.9 Å². The number of Topliss-reactive ketones (excluding diaryl/α,β-unsaturated/α-hetero) is 1. The molecule has 104 valence electrons. The van der Waals surface area contributed by atoms with Crippen molar-refractivity contribution in [1.82, 2.24) is 0 Å². The molecule has 0 spiro atoms. The van der Waals surface area contributed by atoms with Crippen molar-refractivity contribution >= 4 is 5.78 Å². The minimum atomic E-state index is -0.370. The Morgan fingerprint density at radius 1 is 1.05 bits per heavy atom. The van der Waals surface area contributed by atoms with Crippen molar-refractivity contribution in [1.29, 1.82) is 0 Å². The van der Waals surface area contributed by atoms with Crippen LogP contribution in [0.2, 0.25) is 0 Å². The molecule has 0 aromatic heterocycles. The quantitative estimate of drug-likeness (QED) is 0.812. The van der Waals surface area contributed by atoms with Crippen molar-refractivity contribution < 1.29 is 18.7 Å². The maximum absolute atomic E-state index is 13.4. The summed E-state index contributed by atoms with van der Waals surface area (Å²) in [5, 5.41) is 0. The van der Waals surface area contributed by atoms with E-state index in [9.17, 15) is 9.18 Å². The van der Waals surface area contributed by atoms with Crippen LogP contribution >= 0.6 is 0 Å². The molecule has 0 saturated carbocycles. The van der Waals surface area contributed by atoms with E-state index in [2.05, 4.69) is 0 Å². The Labute approximate surface area is 117 Å². The van der Waals surface area contributed by atoms with Gasteiger partial charge in [-0.05, 0) is 35.9 Å². The molecule has 2 rings (SSSR count). The molecule has 0 radical (unpaired) electrons. The van der Waals surface area contributed by atoms with Gasteiger partial charge in [0.25, 0.3) is 0 Å². The number of ketones is 1. The fourth-order valence-corrected chi connectivity index (χ4v) is 1.74. The topological polar surface area (TPSA) is 35.5 Å². The van der Waals surface area contributed by atoms with Crippen molar-refractivity contribution in [2.24, 2.45) is 0 Å². The molecular formula is C16H15FO3. The molecule has 3 nitrogen and oxygen atoms in total. The molecule has 0 fully saturated rings. The zero-order valence-electron chi connectivity index (χ0n) is 11.1. The van der Waals surface area contributed by atoms with Gasteiger partial charge in [-0.1, -0.05) is 18.2 Å². The van der Waals surface area contributed by atoms with Gasteiger partial charge in [0.2, 0.25) is 0 Å². The monoisotopic (exact) mass is 274 g/mol. The smallest absolute Gasteiger partial charge is 0.174 e. The van der Waals surface area contributed by atoms with Gasteiger partial charge in [0.1, 0.15) is 23.9 Å². The molecular weight excluding hydrogens is 259 g/mol. The highest BCUT2D eigenvalue weighted by molar-refractivity contribution is 5.82. The van der Waals surface area contributed by atoms with Gasteiger partial charge in [-0.3, -0.25) is 4.79 Å². The zero-order valence-corrected chi connectivity index (χ0v) is 11.1. The van der Waals surface area contributed by atoms with E-state index in [4.69, 9.17) is 9.47 Å². The number of methoxy groups -OCH3 is 1. The summed E-state index contributed by atoms with van der Waals surface area (Å²) in [5.41, 5.74) is 0.385. The Kier molecular flexibility index (Phi) is 4.71. The summed E-state index contributed by atoms with van der Waals surface area (Å²) in [4.78, 5) is 11.7. The van der Waals surface area contributed by atoms with Crippen LogP contribution in [0.25, 0.3) is 0 Å². The first-order chi connectivity index (χ1) is 9.69. The summed E-state index contributed by atoms with van der Waals surface area (Å²) in [6.45, 7) is -0.0827. The Balaban J connectivity index is 1.87. The Morgan fingerprint density at radius 3 is 2.35 bits per heavy atom. The highest BCUT2D eigenvalue weighted by atomic mass is 19.1. The molecule has 0 bridgehead atoms. The molecule has 0 aliphatic carbocycles. The maximum Gasteiger partial charge on any atom is 0.174 e. The molecule has 0 atom stereocenters. The summed E-state index contributed by atoms with van der Waals surface area (Å²) < 4.78 is 23.8. The van der Waals surface area contributed by atoms with E-state index in [1.54, 1.807) is 49.6 Å². The van der Waals surface area contributed by atoms with Crippen LogP contribution in [0.4, 0.5) is 4.39 Å². The van der Waals surface area contributed by atoms with Gasteiger partial charge in [-0.2, -0.15) is 0 Å². The second kappa shape index (κ2) is 6.70. The normalized spacial score (nSPS) is 10.1. The summed E-state index contributed by atoms with van der Waals surface area (Å²) in [6, 6.07) is 13.2. The number of ether oxygens (including phenoxy) is 2. The lowest BCUT2D eigenvalue weighted by molar-refractivity contribution is -0.120. The second-order valence-corrected chi connectivity index (χ2v) is 4.27. The molecule has 0 aliphatic heterocycles. The molecule has 20 heavy (non-hydrogen) atoms. The van der Waals surface area contributed by atoms with Crippen LogP contribution in [-0.2, 0) is 11.2 Å². The summed E-state index contributed by atoms with van der Waals surface area (Å²) in [7, 11) is 1.58. The zero-order chi connectivity index (χ0) is 14.4. The van der Waals surface area contributed by atoms with Crippen LogP contribution in [0.5, 0.6) is 11.5 Å². The van der Waals surface area contributed by atoms with E-state index in [1.807, 2.05) is 0 Å². The summed E-state index contributed by atoms with van der Waals surface area (Å²) in [6.07, 6.45) is 0.0306. The van der Waals surface area contributed by atoms with Crippen molar-refractivity contribution in [2.45, 2.75) is 6.42 Å². The molecule has 0 N–H and O–H groups in total. The average Bonchev–Trinajstić information content (AvgIpc) is 2.48. The molecule has 0 heterocycles. The number of hydrogen-bond acceptors (Lipinski definition) is 3. The SMILES string of the molecule is COc1ccc(OCC(=O)Cc2ccccc2F)cc1. The lowest BCUT2D eigenvalue weighted by atomic mass is 10.1. The van der Waals surface area contributed by atoms with Gasteiger partial charge in [-0.25, -0.2) is 4.39 Å². The molecule has 0 amide bonds. The fourth-order valence-electron chi connectivity index (χ4n) is 1.74. The number of benzene rings is 2. The lowest BCUT2D eigenvalue weighted by Crippen LogP contribution is -2.14. The Morgan fingerprint density at radius 2 is 1.70 bits per heavy atom. The van der Waals surface area contributed by atoms with Crippen LogP contribution in [0.1, 0.15) is 5.56 Å². The number of rotatable bonds is 6. The largest absolute Gasteiger partial charge is 0.497 e. The van der Waals surface area contributed by atoms with Gasteiger partial charge >= 0.3 is 0 Å². The third-order valence-electron chi connectivity index (χ3n) is 2.80. The van der Waals surface area contributed by atoms with Gasteiger partial charge in [0.05, 0.1) is 7.11 Å². The standard InChI is InChI=1S/C16H15FO3/c1-19-14-6-8-15(9-7-14)20-11-13(18)10-12-4-2-3-5-16(12)17/h2-9H,10-11H2,1H3. The third kappa shape index (κ3) is 3.82. The van der Waals surface area contributed by atoms with Gasteiger partial charge < -0.3 is 9.47 Å². The number of carbonyl (C=O) groups excluding carboxylic acids is 1. The third-order valence-corrected chi connectivity index (χ3v) is 2.80. The minimum absolute atomic E-state index is 0.0306. The van der Waals surface area contributed by atoms with E-state index >= 15 is 0 Å². The van der Waals surface area contributed by atoms with E-state index < -0.39 is 0 Å². The molecule has 2 aromatic rings. The fraction of sp³-hybridized carbons (Fsp3) is 0.188. The highest BCUT2D eigenvalue weighted by Crippen LogP contribution is 2.17.